The maximum absolute atomic E-state index is 11.9. The smallest absolute Gasteiger partial charge is 0.337 e. The van der Waals surface area contributed by atoms with Crippen LogP contribution in [-0.4, -0.2) is 32.4 Å². The van der Waals surface area contributed by atoms with Crippen molar-refractivity contribution in [3.63, 3.8) is 0 Å². The zero-order valence-electron chi connectivity index (χ0n) is 13.9. The highest BCUT2D eigenvalue weighted by molar-refractivity contribution is 7.99. The Balaban J connectivity index is 2.05. The zero-order chi connectivity index (χ0) is 16.9. The molecule has 1 aliphatic heterocycles. The number of ether oxygens (including phenoxy) is 2. The molecule has 3 rings (SSSR count). The first-order chi connectivity index (χ1) is 11.7. The largest absolute Gasteiger partial charge is 0.489 e. The first-order valence-corrected chi connectivity index (χ1v) is 8.98. The molecule has 1 heterocycles. The molecule has 0 saturated carbocycles. The summed E-state index contributed by atoms with van der Waals surface area (Å²) in [6.45, 7) is 1.47. The molecular weight excluding hydrogens is 322 g/mol. The van der Waals surface area contributed by atoms with E-state index in [1.165, 1.54) is 18.2 Å². The van der Waals surface area contributed by atoms with Gasteiger partial charge in [-0.2, -0.15) is 0 Å². The van der Waals surface area contributed by atoms with E-state index < -0.39 is 0 Å². The molecule has 2 aromatic carbocycles. The molecule has 0 aromatic heterocycles. The number of carbonyl (C=O) groups is 1. The molecule has 0 radical (unpaired) electrons. The van der Waals surface area contributed by atoms with Gasteiger partial charge in [0.1, 0.15) is 12.4 Å². The molecule has 0 aliphatic carbocycles. The monoisotopic (exact) mass is 343 g/mol. The van der Waals surface area contributed by atoms with Crippen LogP contribution in [0.15, 0.2) is 42.5 Å². The second-order valence-electron chi connectivity index (χ2n) is 5.59. The van der Waals surface area contributed by atoms with Crippen LogP contribution in [0.1, 0.15) is 32.3 Å². The van der Waals surface area contributed by atoms with Crippen LogP contribution in [0.2, 0.25) is 0 Å². The van der Waals surface area contributed by atoms with Crippen molar-refractivity contribution in [3.8, 4) is 5.75 Å². The SMILES string of the molecule is CNCCSC1c2ccccc2COc2ccc(C(=O)OC)cc21. The van der Waals surface area contributed by atoms with E-state index in [9.17, 15) is 4.79 Å². The van der Waals surface area contributed by atoms with Gasteiger partial charge in [0.2, 0.25) is 0 Å². The molecule has 0 spiro atoms. The minimum Gasteiger partial charge on any atom is -0.489 e. The molecule has 0 bridgehead atoms. The molecule has 24 heavy (non-hydrogen) atoms. The summed E-state index contributed by atoms with van der Waals surface area (Å²) in [5.41, 5.74) is 4.03. The van der Waals surface area contributed by atoms with Crippen molar-refractivity contribution >= 4 is 17.7 Å². The predicted molar refractivity (Wildman–Crippen MR) is 96.8 cm³/mol. The van der Waals surface area contributed by atoms with Crippen molar-refractivity contribution in [2.45, 2.75) is 11.9 Å². The van der Waals surface area contributed by atoms with Crippen LogP contribution < -0.4 is 10.1 Å². The summed E-state index contributed by atoms with van der Waals surface area (Å²) in [7, 11) is 3.35. The average molecular weight is 343 g/mol. The van der Waals surface area contributed by atoms with Crippen LogP contribution >= 0.6 is 11.8 Å². The third-order valence-electron chi connectivity index (χ3n) is 4.07. The number of rotatable bonds is 5. The molecule has 5 heteroatoms. The van der Waals surface area contributed by atoms with Crippen molar-refractivity contribution in [2.75, 3.05) is 26.5 Å². The van der Waals surface area contributed by atoms with Crippen LogP contribution in [0.3, 0.4) is 0 Å². The van der Waals surface area contributed by atoms with Crippen molar-refractivity contribution in [3.05, 3.63) is 64.7 Å². The summed E-state index contributed by atoms with van der Waals surface area (Å²) in [5.74, 6) is 1.48. The fourth-order valence-electron chi connectivity index (χ4n) is 2.83. The molecule has 1 atom stereocenters. The summed E-state index contributed by atoms with van der Waals surface area (Å²) < 4.78 is 10.9. The third kappa shape index (κ3) is 3.42. The van der Waals surface area contributed by atoms with E-state index in [0.717, 1.165) is 23.6 Å². The topological polar surface area (TPSA) is 47.6 Å². The summed E-state index contributed by atoms with van der Waals surface area (Å²) in [4.78, 5) is 11.9. The number of thioether (sulfide) groups is 1. The van der Waals surface area contributed by atoms with E-state index in [2.05, 4.69) is 23.5 Å². The van der Waals surface area contributed by atoms with Crippen LogP contribution in [0, 0.1) is 0 Å². The minimum atomic E-state index is -0.325. The third-order valence-corrected chi connectivity index (χ3v) is 5.35. The quantitative estimate of drug-likeness (QED) is 0.666. The highest BCUT2D eigenvalue weighted by atomic mass is 32.2. The lowest BCUT2D eigenvalue weighted by Crippen LogP contribution is -2.12. The first kappa shape index (κ1) is 16.9. The molecule has 126 valence electrons. The molecular formula is C19H21NO3S. The molecule has 1 unspecified atom stereocenters. The van der Waals surface area contributed by atoms with Gasteiger partial charge >= 0.3 is 5.97 Å². The van der Waals surface area contributed by atoms with Gasteiger partial charge in [-0.15, -0.1) is 11.8 Å². The molecule has 0 saturated heterocycles. The van der Waals surface area contributed by atoms with Gasteiger partial charge in [0.15, 0.2) is 0 Å². The van der Waals surface area contributed by atoms with Gasteiger partial charge in [-0.05, 0) is 36.4 Å². The Hall–Kier alpha value is -1.98. The maximum atomic E-state index is 11.9. The number of benzene rings is 2. The Labute approximate surface area is 146 Å². The lowest BCUT2D eigenvalue weighted by molar-refractivity contribution is 0.0600. The van der Waals surface area contributed by atoms with Gasteiger partial charge in [-0.1, -0.05) is 24.3 Å². The van der Waals surface area contributed by atoms with Crippen molar-refractivity contribution in [2.24, 2.45) is 0 Å². The van der Waals surface area contributed by atoms with E-state index in [1.54, 1.807) is 6.07 Å². The normalized spacial score (nSPS) is 15.7. The minimum absolute atomic E-state index is 0.136. The van der Waals surface area contributed by atoms with Gasteiger partial charge in [0.05, 0.1) is 17.9 Å². The molecule has 1 aliphatic rings. The lowest BCUT2D eigenvalue weighted by atomic mass is 9.98. The number of hydrogen-bond acceptors (Lipinski definition) is 5. The van der Waals surface area contributed by atoms with Gasteiger partial charge in [-0.25, -0.2) is 4.79 Å². The summed E-state index contributed by atoms with van der Waals surface area (Å²) >= 11 is 1.85. The van der Waals surface area contributed by atoms with Gasteiger partial charge in [-0.3, -0.25) is 0 Å². The summed E-state index contributed by atoms with van der Waals surface area (Å²) in [6, 6.07) is 13.9. The van der Waals surface area contributed by atoms with Crippen LogP contribution in [-0.2, 0) is 11.3 Å². The summed E-state index contributed by atoms with van der Waals surface area (Å²) in [5, 5.41) is 3.32. The average Bonchev–Trinajstić information content (AvgIpc) is 2.78. The second kappa shape index (κ2) is 7.73. The molecule has 0 amide bonds. The predicted octanol–water partition coefficient (Wildman–Crippen LogP) is 3.41. The van der Waals surface area contributed by atoms with E-state index in [0.29, 0.717) is 12.2 Å². The standard InChI is InChI=1S/C19H21NO3S/c1-20-9-10-24-18-15-6-4-3-5-14(15)12-23-17-8-7-13(11-16(17)18)19(21)22-2/h3-8,11,18,20H,9-10,12H2,1-2H3. The number of methoxy groups -OCH3 is 1. The van der Waals surface area contributed by atoms with Crippen molar-refractivity contribution < 1.29 is 14.3 Å². The zero-order valence-corrected chi connectivity index (χ0v) is 14.7. The second-order valence-corrected chi connectivity index (χ2v) is 6.80. The fourth-order valence-corrected chi connectivity index (χ4v) is 4.16. The Morgan fingerprint density at radius 2 is 2.12 bits per heavy atom. The number of hydrogen-bond donors (Lipinski definition) is 1. The van der Waals surface area contributed by atoms with Gasteiger partial charge in [0, 0.05) is 17.9 Å². The Kier molecular flexibility index (Phi) is 5.43. The van der Waals surface area contributed by atoms with Crippen molar-refractivity contribution in [1.29, 1.82) is 0 Å². The molecule has 0 fully saturated rings. The fraction of sp³-hybridized carbons (Fsp3) is 0.316. The van der Waals surface area contributed by atoms with Crippen LogP contribution in [0.4, 0.5) is 0 Å². The lowest BCUT2D eigenvalue weighted by Gasteiger charge is -2.19. The van der Waals surface area contributed by atoms with Crippen LogP contribution in [0.25, 0.3) is 0 Å². The van der Waals surface area contributed by atoms with Crippen LogP contribution in [0.5, 0.6) is 5.75 Å². The van der Waals surface area contributed by atoms with Crippen molar-refractivity contribution in [1.82, 2.24) is 5.32 Å². The number of fused-ring (bicyclic) bond motifs is 2. The Morgan fingerprint density at radius 3 is 2.92 bits per heavy atom. The van der Waals surface area contributed by atoms with E-state index in [-0.39, 0.29) is 11.2 Å². The molecule has 1 N–H and O–H groups in total. The van der Waals surface area contributed by atoms with E-state index >= 15 is 0 Å². The summed E-state index contributed by atoms with van der Waals surface area (Å²) in [6.07, 6.45) is 0. The van der Waals surface area contributed by atoms with E-state index in [4.69, 9.17) is 9.47 Å². The van der Waals surface area contributed by atoms with Gasteiger partial charge < -0.3 is 14.8 Å². The first-order valence-electron chi connectivity index (χ1n) is 7.93. The maximum Gasteiger partial charge on any atom is 0.337 e. The van der Waals surface area contributed by atoms with E-state index in [1.807, 2.05) is 37.0 Å². The van der Waals surface area contributed by atoms with Gasteiger partial charge in [0.25, 0.3) is 0 Å². The molecule has 4 nitrogen and oxygen atoms in total. The Bertz CT molecular complexity index is 732. The Morgan fingerprint density at radius 1 is 1.29 bits per heavy atom. The molecule has 2 aromatic rings. The highest BCUT2D eigenvalue weighted by Crippen LogP contribution is 2.44. The number of carbonyl (C=O) groups excluding carboxylic acids is 1. The number of esters is 1. The number of nitrogens with one attached hydrogen (secondary N) is 1. The highest BCUT2D eigenvalue weighted by Gasteiger charge is 2.26.